The number of hydrogen-bond donors (Lipinski definition) is 1. The Morgan fingerprint density at radius 3 is 2.87 bits per heavy atom. The number of nitrogens with zero attached hydrogens (tertiary/aromatic N) is 4. The Kier molecular flexibility index (Phi) is 5.60. The highest BCUT2D eigenvalue weighted by molar-refractivity contribution is 6.05. The number of aromatic nitrogens is 4. The molecule has 1 aliphatic heterocycles. The lowest BCUT2D eigenvalue weighted by Gasteiger charge is -2.16. The summed E-state index contributed by atoms with van der Waals surface area (Å²) in [6.07, 6.45) is 4.24. The van der Waals surface area contributed by atoms with E-state index in [4.69, 9.17) is 14.2 Å². The Morgan fingerprint density at radius 1 is 1.29 bits per heavy atom. The monoisotopic (exact) mass is 423 g/mol. The third kappa shape index (κ3) is 4.66. The molecule has 0 saturated heterocycles. The third-order valence-corrected chi connectivity index (χ3v) is 4.78. The van der Waals surface area contributed by atoms with E-state index in [1.54, 1.807) is 30.1 Å². The van der Waals surface area contributed by atoms with E-state index in [9.17, 15) is 4.79 Å². The van der Waals surface area contributed by atoms with Crippen LogP contribution in [-0.4, -0.2) is 51.6 Å². The molecule has 0 fully saturated rings. The van der Waals surface area contributed by atoms with Gasteiger partial charge in [-0.25, -0.2) is 4.98 Å². The van der Waals surface area contributed by atoms with Crippen molar-refractivity contribution in [2.75, 3.05) is 25.6 Å². The number of fused-ring (bicyclic) bond motifs is 1. The number of anilines is 1. The first-order valence-corrected chi connectivity index (χ1v) is 9.97. The molecule has 0 atom stereocenters. The molecule has 4 heterocycles. The maximum atomic E-state index is 13.1. The van der Waals surface area contributed by atoms with Crippen LogP contribution in [0.4, 0.5) is 5.82 Å². The maximum absolute atomic E-state index is 13.1. The molecule has 9 heteroatoms. The number of carbonyl (C=O) groups is 1. The van der Waals surface area contributed by atoms with Gasteiger partial charge in [0.15, 0.2) is 0 Å². The predicted molar refractivity (Wildman–Crippen MR) is 114 cm³/mol. The molecule has 3 aromatic heterocycles. The summed E-state index contributed by atoms with van der Waals surface area (Å²) in [5, 5.41) is 7.01. The number of aryl methyl sites for hydroxylation is 1. The molecule has 0 bridgehead atoms. The zero-order chi connectivity index (χ0) is 22.0. The molecule has 162 valence electrons. The van der Waals surface area contributed by atoms with Crippen LogP contribution in [0.1, 0.15) is 29.8 Å². The third-order valence-electron chi connectivity index (χ3n) is 4.78. The molecular formula is C22H25N5O4. The van der Waals surface area contributed by atoms with Crippen molar-refractivity contribution in [1.82, 2.24) is 19.7 Å². The van der Waals surface area contributed by atoms with Crippen molar-refractivity contribution in [3.8, 4) is 23.0 Å². The van der Waals surface area contributed by atoms with Crippen LogP contribution in [-0.2, 0) is 18.2 Å². The van der Waals surface area contributed by atoms with Crippen molar-refractivity contribution in [1.29, 1.82) is 0 Å². The fourth-order valence-electron chi connectivity index (χ4n) is 3.39. The molecule has 1 amide bonds. The van der Waals surface area contributed by atoms with Crippen molar-refractivity contribution >= 4 is 11.7 Å². The van der Waals surface area contributed by atoms with Gasteiger partial charge in [-0.05, 0) is 32.0 Å². The fraction of sp³-hybridized carbons (Fsp3) is 0.364. The number of carbonyl (C=O) groups excluding carboxylic acids is 1. The van der Waals surface area contributed by atoms with Gasteiger partial charge < -0.3 is 19.5 Å². The molecule has 9 nitrogen and oxygen atoms in total. The van der Waals surface area contributed by atoms with Crippen molar-refractivity contribution in [2.45, 2.75) is 25.9 Å². The molecule has 0 aliphatic carbocycles. The zero-order valence-electron chi connectivity index (χ0n) is 18.0. The van der Waals surface area contributed by atoms with Crippen molar-refractivity contribution in [3.63, 3.8) is 0 Å². The molecular weight excluding hydrogens is 398 g/mol. The van der Waals surface area contributed by atoms with E-state index in [1.807, 2.05) is 39.2 Å². The van der Waals surface area contributed by atoms with E-state index in [0.29, 0.717) is 36.0 Å². The summed E-state index contributed by atoms with van der Waals surface area (Å²) in [6, 6.07) is 7.20. The Hall–Kier alpha value is -3.46. The van der Waals surface area contributed by atoms with Crippen molar-refractivity contribution in [2.24, 2.45) is 7.05 Å². The van der Waals surface area contributed by atoms with E-state index < -0.39 is 0 Å². The standard InChI is InChI=1S/C22H25N5O4/c1-22(2)11-14-10-16(21(26-20(14)31-22)30-9-8-29-4)19(28)25-18-7-5-6-17(24-18)15-12-23-27(3)13-15/h5-7,10,12-13H,8-9,11H2,1-4H3,(H,24,25,28). The molecule has 0 saturated carbocycles. The van der Waals surface area contributed by atoms with Gasteiger partial charge in [0.1, 0.15) is 23.6 Å². The smallest absolute Gasteiger partial charge is 0.262 e. The highest BCUT2D eigenvalue weighted by Gasteiger charge is 2.33. The summed E-state index contributed by atoms with van der Waals surface area (Å²) >= 11 is 0. The first-order valence-electron chi connectivity index (χ1n) is 9.97. The highest BCUT2D eigenvalue weighted by atomic mass is 16.5. The summed E-state index contributed by atoms with van der Waals surface area (Å²) in [6.45, 7) is 4.60. The van der Waals surface area contributed by atoms with Gasteiger partial charge in [-0.3, -0.25) is 9.48 Å². The summed E-state index contributed by atoms with van der Waals surface area (Å²) in [4.78, 5) is 22.1. The highest BCUT2D eigenvalue weighted by Crippen LogP contribution is 2.36. The van der Waals surface area contributed by atoms with Gasteiger partial charge in [-0.15, -0.1) is 0 Å². The summed E-state index contributed by atoms with van der Waals surface area (Å²) in [5.74, 6) is 0.759. The average Bonchev–Trinajstić information content (AvgIpc) is 3.28. The Balaban J connectivity index is 1.60. The number of amides is 1. The number of hydrogen-bond acceptors (Lipinski definition) is 7. The summed E-state index contributed by atoms with van der Waals surface area (Å²) in [5.41, 5.74) is 2.38. The van der Waals surface area contributed by atoms with Gasteiger partial charge in [0.25, 0.3) is 5.91 Å². The number of pyridine rings is 2. The molecule has 4 rings (SSSR count). The van der Waals surface area contributed by atoms with E-state index in [-0.39, 0.29) is 24.0 Å². The van der Waals surface area contributed by atoms with Crippen LogP contribution in [0.15, 0.2) is 36.7 Å². The lowest BCUT2D eigenvalue weighted by atomic mass is 10.0. The fourth-order valence-corrected chi connectivity index (χ4v) is 3.39. The average molecular weight is 423 g/mol. The zero-order valence-corrected chi connectivity index (χ0v) is 18.0. The number of nitrogens with one attached hydrogen (secondary N) is 1. The minimum atomic E-state index is -0.381. The molecule has 0 radical (unpaired) electrons. The normalized spacial score (nSPS) is 14.1. The number of methoxy groups -OCH3 is 1. The molecule has 31 heavy (non-hydrogen) atoms. The van der Waals surface area contributed by atoms with Gasteiger partial charge in [0.05, 0.1) is 18.5 Å². The largest absolute Gasteiger partial charge is 0.475 e. The van der Waals surface area contributed by atoms with Crippen LogP contribution in [0, 0.1) is 0 Å². The first-order chi connectivity index (χ1) is 14.8. The number of rotatable bonds is 7. The molecule has 0 aromatic carbocycles. The van der Waals surface area contributed by atoms with Crippen molar-refractivity contribution in [3.05, 3.63) is 47.8 Å². The second-order valence-corrected chi connectivity index (χ2v) is 7.95. The van der Waals surface area contributed by atoms with Gasteiger partial charge in [0.2, 0.25) is 11.8 Å². The minimum Gasteiger partial charge on any atom is -0.475 e. The van der Waals surface area contributed by atoms with E-state index in [2.05, 4.69) is 20.4 Å². The van der Waals surface area contributed by atoms with Crippen LogP contribution in [0.25, 0.3) is 11.3 Å². The van der Waals surface area contributed by atoms with Crippen LogP contribution >= 0.6 is 0 Å². The quantitative estimate of drug-likeness (QED) is 0.583. The lowest BCUT2D eigenvalue weighted by molar-refractivity contribution is 0.101. The number of ether oxygens (including phenoxy) is 3. The van der Waals surface area contributed by atoms with Crippen molar-refractivity contribution < 1.29 is 19.0 Å². The Bertz CT molecular complexity index is 1110. The molecule has 1 aliphatic rings. The molecule has 1 N–H and O–H groups in total. The second kappa shape index (κ2) is 8.35. The van der Waals surface area contributed by atoms with E-state index >= 15 is 0 Å². The predicted octanol–water partition coefficient (Wildman–Crippen LogP) is 2.87. The van der Waals surface area contributed by atoms with Crippen LogP contribution in [0.3, 0.4) is 0 Å². The molecule has 0 unspecified atom stereocenters. The second-order valence-electron chi connectivity index (χ2n) is 7.95. The van der Waals surface area contributed by atoms with Gasteiger partial charge >= 0.3 is 0 Å². The maximum Gasteiger partial charge on any atom is 0.262 e. The lowest BCUT2D eigenvalue weighted by Crippen LogP contribution is -2.24. The first kappa shape index (κ1) is 20.8. The Labute approximate surface area is 180 Å². The van der Waals surface area contributed by atoms with Crippen LogP contribution in [0.2, 0.25) is 0 Å². The minimum absolute atomic E-state index is 0.203. The van der Waals surface area contributed by atoms with Crippen LogP contribution in [0.5, 0.6) is 11.8 Å². The van der Waals surface area contributed by atoms with E-state index in [0.717, 1.165) is 11.1 Å². The summed E-state index contributed by atoms with van der Waals surface area (Å²) in [7, 11) is 3.42. The molecule has 0 spiro atoms. The molecule has 3 aromatic rings. The van der Waals surface area contributed by atoms with Gasteiger partial charge in [0, 0.05) is 37.9 Å². The van der Waals surface area contributed by atoms with E-state index in [1.165, 1.54) is 0 Å². The van der Waals surface area contributed by atoms with Gasteiger partial charge in [-0.1, -0.05) is 6.07 Å². The topological polar surface area (TPSA) is 100 Å². The summed E-state index contributed by atoms with van der Waals surface area (Å²) < 4.78 is 18.3. The van der Waals surface area contributed by atoms with Gasteiger partial charge in [-0.2, -0.15) is 10.1 Å². The SMILES string of the molecule is COCCOc1nc2c(cc1C(=O)Nc1cccc(-c3cnn(C)c3)n1)CC(C)(C)O2. The van der Waals surface area contributed by atoms with Crippen LogP contribution < -0.4 is 14.8 Å². The Morgan fingerprint density at radius 2 is 2.13 bits per heavy atom.